The van der Waals surface area contributed by atoms with Gasteiger partial charge < -0.3 is 20.1 Å². The zero-order valence-corrected chi connectivity index (χ0v) is 29.3. The molecule has 5 aromatic rings. The Bertz CT molecular complexity index is 2130. The van der Waals surface area contributed by atoms with Crippen LogP contribution in [-0.2, 0) is 14.4 Å². The predicted molar refractivity (Wildman–Crippen MR) is 200 cm³/mol. The van der Waals surface area contributed by atoms with E-state index in [0.717, 1.165) is 4.90 Å². The lowest BCUT2D eigenvalue weighted by atomic mass is 10.1. The van der Waals surface area contributed by atoms with Gasteiger partial charge in [-0.25, -0.2) is 4.90 Å². The number of nitrogens with zero attached hydrogens (tertiary/aromatic N) is 1. The highest BCUT2D eigenvalue weighted by Crippen LogP contribution is 2.37. The van der Waals surface area contributed by atoms with Crippen molar-refractivity contribution in [1.29, 1.82) is 0 Å². The summed E-state index contributed by atoms with van der Waals surface area (Å²) in [6, 6.07) is 34.1. The lowest BCUT2D eigenvalue weighted by Gasteiger charge is -2.16. The first kappa shape index (κ1) is 35.3. The van der Waals surface area contributed by atoms with Crippen LogP contribution in [0.15, 0.2) is 132 Å². The Morgan fingerprint density at radius 3 is 2.24 bits per heavy atom. The molecule has 6 rings (SSSR count). The summed E-state index contributed by atoms with van der Waals surface area (Å²) in [5, 5.41) is 5.77. The summed E-state index contributed by atoms with van der Waals surface area (Å²) in [7, 11) is 1.48. The summed E-state index contributed by atoms with van der Waals surface area (Å²) in [6.07, 6.45) is 1.55. The van der Waals surface area contributed by atoms with Crippen molar-refractivity contribution < 1.29 is 28.7 Å². The molecule has 256 valence electrons. The van der Waals surface area contributed by atoms with Crippen molar-refractivity contribution in [3.05, 3.63) is 148 Å². The Morgan fingerprint density at radius 1 is 0.843 bits per heavy atom. The van der Waals surface area contributed by atoms with Crippen molar-refractivity contribution in [2.24, 2.45) is 0 Å². The maximum absolute atomic E-state index is 13.7. The maximum Gasteiger partial charge on any atom is 0.272 e. The second-order valence-electron chi connectivity index (χ2n) is 11.2. The number of methoxy groups -OCH3 is 1. The molecule has 4 amide bonds. The van der Waals surface area contributed by atoms with E-state index >= 15 is 0 Å². The number of hydrogen-bond acceptors (Lipinski definition) is 7. The molecule has 12 heteroatoms. The largest absolute Gasteiger partial charge is 0.495 e. The first-order valence-electron chi connectivity index (χ1n) is 15.6. The van der Waals surface area contributed by atoms with E-state index in [4.69, 9.17) is 32.7 Å². The molecule has 5 aromatic carbocycles. The normalized spacial score (nSPS) is 14.3. The van der Waals surface area contributed by atoms with Gasteiger partial charge in [-0.15, -0.1) is 11.8 Å². The first-order valence-corrected chi connectivity index (χ1v) is 17.2. The number of imide groups is 1. The molecular weight excluding hydrogens is 709 g/mol. The minimum Gasteiger partial charge on any atom is -0.495 e. The van der Waals surface area contributed by atoms with Crippen LogP contribution >= 0.6 is 35.0 Å². The third-order valence-electron chi connectivity index (χ3n) is 7.64. The molecule has 0 bridgehead atoms. The second-order valence-corrected chi connectivity index (χ2v) is 13.3. The molecule has 0 aromatic heterocycles. The molecule has 0 spiro atoms. The molecule has 2 N–H and O–H groups in total. The minimum absolute atomic E-state index is 0.00126. The monoisotopic (exact) mass is 737 g/mol. The third-order valence-corrected chi connectivity index (χ3v) is 9.36. The van der Waals surface area contributed by atoms with Crippen LogP contribution in [0.4, 0.5) is 11.4 Å². The SMILES string of the molecule is COc1ccc(N2C(=O)C[C@H](Sc3cccc(NC(=O)/C(=C/c4ccc(Oc5ccc(Cl)cc5)cc4)NC(=O)c4ccccc4)c3)C2=O)cc1Cl. The molecule has 1 atom stereocenters. The van der Waals surface area contributed by atoms with Crippen molar-refractivity contribution in [3.63, 3.8) is 0 Å². The Labute approximate surface area is 308 Å². The number of anilines is 2. The highest BCUT2D eigenvalue weighted by atomic mass is 35.5. The van der Waals surface area contributed by atoms with E-state index in [0.29, 0.717) is 49.7 Å². The van der Waals surface area contributed by atoms with Crippen LogP contribution in [-0.4, -0.2) is 36.0 Å². The van der Waals surface area contributed by atoms with E-state index in [9.17, 15) is 19.2 Å². The Balaban J connectivity index is 1.18. The number of ether oxygens (including phenoxy) is 2. The van der Waals surface area contributed by atoms with Crippen LogP contribution in [0.25, 0.3) is 6.08 Å². The van der Waals surface area contributed by atoms with E-state index in [1.807, 2.05) is 0 Å². The van der Waals surface area contributed by atoms with Crippen molar-refractivity contribution in [2.75, 3.05) is 17.3 Å². The van der Waals surface area contributed by atoms with E-state index in [1.54, 1.807) is 121 Å². The molecule has 1 fully saturated rings. The van der Waals surface area contributed by atoms with Gasteiger partial charge in [-0.2, -0.15) is 0 Å². The van der Waals surface area contributed by atoms with Crippen molar-refractivity contribution >= 4 is 76.0 Å². The van der Waals surface area contributed by atoms with Gasteiger partial charge in [0.2, 0.25) is 11.8 Å². The van der Waals surface area contributed by atoms with Crippen LogP contribution < -0.4 is 25.0 Å². The number of thioether (sulfide) groups is 1. The Morgan fingerprint density at radius 2 is 1.55 bits per heavy atom. The van der Waals surface area contributed by atoms with Gasteiger partial charge in [0, 0.05) is 27.6 Å². The van der Waals surface area contributed by atoms with Gasteiger partial charge in [0.1, 0.15) is 22.9 Å². The number of rotatable bonds is 11. The van der Waals surface area contributed by atoms with Crippen molar-refractivity contribution in [2.45, 2.75) is 16.6 Å². The van der Waals surface area contributed by atoms with Crippen molar-refractivity contribution in [1.82, 2.24) is 5.32 Å². The van der Waals surface area contributed by atoms with Crippen molar-refractivity contribution in [3.8, 4) is 17.2 Å². The van der Waals surface area contributed by atoms with Crippen LogP contribution in [0.5, 0.6) is 17.2 Å². The first-order chi connectivity index (χ1) is 24.7. The molecule has 1 saturated heterocycles. The zero-order valence-electron chi connectivity index (χ0n) is 27.0. The lowest BCUT2D eigenvalue weighted by Crippen LogP contribution is -2.31. The van der Waals surface area contributed by atoms with E-state index in [2.05, 4.69) is 10.6 Å². The van der Waals surface area contributed by atoms with E-state index in [-0.39, 0.29) is 29.0 Å². The average Bonchev–Trinajstić information content (AvgIpc) is 3.41. The average molecular weight is 739 g/mol. The fraction of sp³-hybridized carbons (Fsp3) is 0.0769. The standard InChI is InChI=1S/C39H29Cl2N3O6S/c1-49-34-19-14-28(22-32(34)41)44-36(45)23-35(39(44)48)51-31-9-5-8-27(21-31)42-38(47)33(43-37(46)25-6-3-2-4-7-25)20-24-10-15-29(16-11-24)50-30-17-12-26(40)13-18-30/h2-22,35H,23H2,1H3,(H,42,47)(H,43,46)/b33-20-/t35-/m0/s1. The summed E-state index contributed by atoms with van der Waals surface area (Å²) < 4.78 is 11.0. The van der Waals surface area contributed by atoms with Gasteiger partial charge in [-0.1, -0.05) is 59.6 Å². The minimum atomic E-state index is -0.684. The molecule has 1 heterocycles. The summed E-state index contributed by atoms with van der Waals surface area (Å²) in [4.78, 5) is 54.8. The highest BCUT2D eigenvalue weighted by Gasteiger charge is 2.40. The Hall–Kier alpha value is -5.55. The molecule has 0 aliphatic carbocycles. The number of amides is 4. The Kier molecular flexibility index (Phi) is 11.1. The smallest absolute Gasteiger partial charge is 0.272 e. The molecule has 0 radical (unpaired) electrons. The zero-order chi connectivity index (χ0) is 35.9. The van der Waals surface area contributed by atoms with Gasteiger partial charge >= 0.3 is 0 Å². The number of nitrogens with one attached hydrogen (secondary N) is 2. The predicted octanol–water partition coefficient (Wildman–Crippen LogP) is 8.63. The number of benzene rings is 5. The number of hydrogen-bond donors (Lipinski definition) is 2. The third kappa shape index (κ3) is 8.79. The van der Waals surface area contributed by atoms with E-state index < -0.39 is 17.1 Å². The fourth-order valence-electron chi connectivity index (χ4n) is 5.15. The van der Waals surface area contributed by atoms with E-state index in [1.165, 1.54) is 24.9 Å². The molecule has 1 aliphatic rings. The number of carbonyl (C=O) groups excluding carboxylic acids is 4. The van der Waals surface area contributed by atoms with Crippen LogP contribution in [0, 0.1) is 0 Å². The van der Waals surface area contributed by atoms with Crippen LogP contribution in [0.2, 0.25) is 10.0 Å². The van der Waals surface area contributed by atoms with Gasteiger partial charge in [0.15, 0.2) is 0 Å². The number of halogens is 2. The molecule has 1 aliphatic heterocycles. The van der Waals surface area contributed by atoms with Gasteiger partial charge in [0.05, 0.1) is 23.1 Å². The quantitative estimate of drug-likeness (QED) is 0.103. The lowest BCUT2D eigenvalue weighted by molar-refractivity contribution is -0.121. The highest BCUT2D eigenvalue weighted by molar-refractivity contribution is 8.00. The van der Waals surface area contributed by atoms with Gasteiger partial charge in [0.25, 0.3) is 11.8 Å². The summed E-state index contributed by atoms with van der Waals surface area (Å²) in [5.41, 5.74) is 1.79. The summed E-state index contributed by atoms with van der Waals surface area (Å²) in [6.45, 7) is 0. The van der Waals surface area contributed by atoms with Crippen LogP contribution in [0.3, 0.4) is 0 Å². The maximum atomic E-state index is 13.7. The summed E-state index contributed by atoms with van der Waals surface area (Å²) >= 11 is 13.4. The molecule has 0 saturated carbocycles. The summed E-state index contributed by atoms with van der Waals surface area (Å²) in [5.74, 6) is -0.146. The number of carbonyl (C=O) groups is 4. The molecule has 0 unspecified atom stereocenters. The fourth-order valence-corrected chi connectivity index (χ4v) is 6.64. The molecular formula is C39H29Cl2N3O6S. The molecule has 9 nitrogen and oxygen atoms in total. The second kappa shape index (κ2) is 16.0. The topological polar surface area (TPSA) is 114 Å². The molecule has 51 heavy (non-hydrogen) atoms. The van der Waals surface area contributed by atoms with Gasteiger partial charge in [-0.05, 0) is 96.6 Å². The van der Waals surface area contributed by atoms with Crippen LogP contribution in [0.1, 0.15) is 22.3 Å². The van der Waals surface area contributed by atoms with Gasteiger partial charge in [-0.3, -0.25) is 19.2 Å².